The molecule has 0 aromatic carbocycles. The Morgan fingerprint density at radius 1 is 1.18 bits per heavy atom. The van der Waals surface area contributed by atoms with Crippen molar-refractivity contribution in [3.63, 3.8) is 0 Å². The van der Waals surface area contributed by atoms with E-state index in [0.717, 1.165) is 19.3 Å². The van der Waals surface area contributed by atoms with E-state index in [-0.39, 0.29) is 18.2 Å². The molecule has 0 unspecified atom stereocenters. The predicted octanol–water partition coefficient (Wildman–Crippen LogP) is 2.06. The van der Waals surface area contributed by atoms with Crippen molar-refractivity contribution in [3.8, 4) is 0 Å². The quantitative estimate of drug-likeness (QED) is 0.157. The summed E-state index contributed by atoms with van der Waals surface area (Å²) in [7, 11) is 0. The zero-order valence-electron chi connectivity index (χ0n) is 20.9. The first-order valence-electron chi connectivity index (χ1n) is 11.9. The van der Waals surface area contributed by atoms with Gasteiger partial charge in [-0.15, -0.1) is 0 Å². The van der Waals surface area contributed by atoms with Gasteiger partial charge < -0.3 is 10.1 Å². The van der Waals surface area contributed by atoms with Gasteiger partial charge in [-0.05, 0) is 46.0 Å². The van der Waals surface area contributed by atoms with Crippen LogP contribution in [-0.4, -0.2) is 58.1 Å². The molecule has 3 amide bonds. The Morgan fingerprint density at radius 3 is 2.39 bits per heavy atom. The van der Waals surface area contributed by atoms with Crippen LogP contribution in [0.25, 0.3) is 0 Å². The van der Waals surface area contributed by atoms with Gasteiger partial charge in [-0.3, -0.25) is 24.6 Å². The summed E-state index contributed by atoms with van der Waals surface area (Å²) in [5, 5.41) is 13.0. The number of hydrogen-bond donors (Lipinski definition) is 4. The highest BCUT2D eigenvalue weighted by atomic mass is 16.6. The monoisotopic (exact) mass is 470 g/mol. The fraction of sp³-hybridized carbons (Fsp3) is 0.826. The smallest absolute Gasteiger partial charge is 0.329 e. The van der Waals surface area contributed by atoms with Gasteiger partial charge in [-0.1, -0.05) is 40.0 Å². The van der Waals surface area contributed by atoms with E-state index in [2.05, 4.69) is 10.7 Å². The molecule has 0 aromatic rings. The van der Waals surface area contributed by atoms with Crippen molar-refractivity contribution in [1.82, 2.24) is 21.2 Å². The van der Waals surface area contributed by atoms with Crippen molar-refractivity contribution >= 4 is 23.7 Å². The van der Waals surface area contributed by atoms with E-state index >= 15 is 0 Å². The number of carbonyl (C=O) groups excluding carboxylic acids is 4. The van der Waals surface area contributed by atoms with Crippen LogP contribution in [0.1, 0.15) is 86.5 Å². The largest absolute Gasteiger partial charge is 0.458 e. The van der Waals surface area contributed by atoms with E-state index in [1.54, 1.807) is 26.3 Å². The maximum Gasteiger partial charge on any atom is 0.329 e. The van der Waals surface area contributed by atoms with E-state index in [0.29, 0.717) is 25.8 Å². The predicted molar refractivity (Wildman–Crippen MR) is 123 cm³/mol. The lowest BCUT2D eigenvalue weighted by atomic mass is 9.94. The molecule has 190 valence electrons. The second-order valence-electron chi connectivity index (χ2n) is 9.97. The van der Waals surface area contributed by atoms with Gasteiger partial charge in [0.1, 0.15) is 17.7 Å². The van der Waals surface area contributed by atoms with Crippen molar-refractivity contribution < 1.29 is 29.1 Å². The van der Waals surface area contributed by atoms with Crippen LogP contribution in [-0.2, 0) is 23.9 Å². The van der Waals surface area contributed by atoms with Gasteiger partial charge in [0.15, 0.2) is 0 Å². The molecule has 0 saturated carbocycles. The average molecular weight is 471 g/mol. The normalized spacial score (nSPS) is 18.4. The highest BCUT2D eigenvalue weighted by Crippen LogP contribution is 2.21. The number of amides is 3. The standard InChI is InChI=1S/C23H42N4O6/c1-7-8-9-11-16(14-18(28)26-32)21(30)27-17(12-10-13-24-27)20(29)25-19(15(2)3)22(31)33-23(4,5)6/h15-17,19,24,32H,7-14H2,1-6H3,(H,25,29)(H,26,28)/t16-,17+,19+/m1/s1. The molecule has 1 heterocycles. The van der Waals surface area contributed by atoms with Crippen LogP contribution >= 0.6 is 0 Å². The molecular weight excluding hydrogens is 428 g/mol. The summed E-state index contributed by atoms with van der Waals surface area (Å²) in [4.78, 5) is 50.9. The van der Waals surface area contributed by atoms with Crippen molar-refractivity contribution in [2.75, 3.05) is 6.54 Å². The summed E-state index contributed by atoms with van der Waals surface area (Å²) in [5.41, 5.74) is 3.89. The third kappa shape index (κ3) is 9.67. The minimum absolute atomic E-state index is 0.169. The Labute approximate surface area is 197 Å². The SMILES string of the molecule is CCCCC[C@H](CC(=O)NO)C(=O)N1NCCC[C@H]1C(=O)N[C@H](C(=O)OC(C)(C)C)C(C)C. The second kappa shape index (κ2) is 13.5. The highest BCUT2D eigenvalue weighted by Gasteiger charge is 2.38. The van der Waals surface area contributed by atoms with Crippen LogP contribution in [0.3, 0.4) is 0 Å². The number of rotatable bonds is 11. The molecule has 4 N–H and O–H groups in total. The molecule has 3 atom stereocenters. The van der Waals surface area contributed by atoms with Crippen LogP contribution < -0.4 is 16.2 Å². The average Bonchev–Trinajstić information content (AvgIpc) is 2.74. The van der Waals surface area contributed by atoms with Gasteiger partial charge in [0.2, 0.25) is 17.7 Å². The maximum absolute atomic E-state index is 13.3. The van der Waals surface area contributed by atoms with Crippen LogP contribution in [0.15, 0.2) is 0 Å². The molecule has 1 rings (SSSR count). The number of nitrogens with zero attached hydrogens (tertiary/aromatic N) is 1. The molecule has 0 aliphatic carbocycles. The van der Waals surface area contributed by atoms with Gasteiger partial charge in [-0.25, -0.2) is 15.7 Å². The summed E-state index contributed by atoms with van der Waals surface area (Å²) in [6.45, 7) is 11.5. The molecule has 1 saturated heterocycles. The van der Waals surface area contributed by atoms with E-state index in [9.17, 15) is 19.2 Å². The molecule has 0 spiro atoms. The van der Waals surface area contributed by atoms with Crippen molar-refractivity contribution in [1.29, 1.82) is 0 Å². The van der Waals surface area contributed by atoms with Gasteiger partial charge in [-0.2, -0.15) is 0 Å². The van der Waals surface area contributed by atoms with Gasteiger partial charge >= 0.3 is 5.97 Å². The second-order valence-corrected chi connectivity index (χ2v) is 9.97. The zero-order valence-corrected chi connectivity index (χ0v) is 20.9. The van der Waals surface area contributed by atoms with E-state index in [1.807, 2.05) is 20.8 Å². The van der Waals surface area contributed by atoms with Crippen LogP contribution in [0.5, 0.6) is 0 Å². The first-order chi connectivity index (χ1) is 15.4. The Balaban J connectivity index is 3.01. The lowest BCUT2D eigenvalue weighted by Crippen LogP contribution is -2.62. The summed E-state index contributed by atoms with van der Waals surface area (Å²) in [5.74, 6) is -2.86. The Bertz CT molecular complexity index is 676. The van der Waals surface area contributed by atoms with E-state index < -0.39 is 41.4 Å². The summed E-state index contributed by atoms with van der Waals surface area (Å²) in [6, 6.07) is -1.67. The number of hydrogen-bond acceptors (Lipinski definition) is 7. The molecule has 0 radical (unpaired) electrons. The fourth-order valence-electron chi connectivity index (χ4n) is 3.75. The molecule has 0 bridgehead atoms. The Kier molecular flexibility index (Phi) is 11.8. The fourth-order valence-corrected chi connectivity index (χ4v) is 3.75. The van der Waals surface area contributed by atoms with Crippen molar-refractivity contribution in [2.24, 2.45) is 11.8 Å². The molecule has 33 heavy (non-hydrogen) atoms. The van der Waals surface area contributed by atoms with E-state index in [1.165, 1.54) is 5.01 Å². The summed E-state index contributed by atoms with van der Waals surface area (Å²) < 4.78 is 5.45. The minimum Gasteiger partial charge on any atom is -0.458 e. The third-order valence-corrected chi connectivity index (χ3v) is 5.48. The van der Waals surface area contributed by atoms with Gasteiger partial charge in [0.25, 0.3) is 0 Å². The van der Waals surface area contributed by atoms with Crippen LogP contribution in [0, 0.1) is 11.8 Å². The highest BCUT2D eigenvalue weighted by molar-refractivity contribution is 5.92. The molecule has 10 heteroatoms. The lowest BCUT2D eigenvalue weighted by Gasteiger charge is -2.38. The van der Waals surface area contributed by atoms with Crippen LogP contribution in [0.4, 0.5) is 0 Å². The zero-order chi connectivity index (χ0) is 25.2. The molecule has 0 aromatic heterocycles. The minimum atomic E-state index is -0.851. The Hall–Kier alpha value is -2.20. The summed E-state index contributed by atoms with van der Waals surface area (Å²) >= 11 is 0. The molecule has 1 aliphatic heterocycles. The first-order valence-corrected chi connectivity index (χ1v) is 11.9. The number of esters is 1. The third-order valence-electron chi connectivity index (χ3n) is 5.48. The topological polar surface area (TPSA) is 137 Å². The van der Waals surface area contributed by atoms with E-state index in [4.69, 9.17) is 9.94 Å². The molecular formula is C23H42N4O6. The molecule has 10 nitrogen and oxygen atoms in total. The van der Waals surface area contributed by atoms with Crippen molar-refractivity contribution in [2.45, 2.75) is 104 Å². The van der Waals surface area contributed by atoms with Crippen molar-refractivity contribution in [3.05, 3.63) is 0 Å². The van der Waals surface area contributed by atoms with Crippen LogP contribution in [0.2, 0.25) is 0 Å². The maximum atomic E-state index is 13.3. The van der Waals surface area contributed by atoms with Gasteiger partial charge in [0.05, 0.1) is 0 Å². The lowest BCUT2D eigenvalue weighted by molar-refractivity contribution is -0.161. The molecule has 1 fully saturated rings. The number of hydroxylamine groups is 1. The number of ether oxygens (including phenoxy) is 1. The number of hydrazine groups is 1. The first kappa shape index (κ1) is 28.8. The number of unbranched alkanes of at least 4 members (excludes halogenated alkanes) is 2. The summed E-state index contributed by atoms with van der Waals surface area (Å²) in [6.07, 6.45) is 4.03. The Morgan fingerprint density at radius 2 is 1.85 bits per heavy atom. The number of carbonyl (C=O) groups is 4. The molecule has 1 aliphatic rings. The number of nitrogens with one attached hydrogen (secondary N) is 3. The van der Waals surface area contributed by atoms with Gasteiger partial charge in [0, 0.05) is 18.9 Å².